The Bertz CT molecular complexity index is 728. The Morgan fingerprint density at radius 2 is 1.72 bits per heavy atom. The molecule has 0 N–H and O–H groups in total. The molecule has 0 amide bonds. The number of benzene rings is 1. The first-order chi connectivity index (χ1) is 13.8. The van der Waals surface area contributed by atoms with E-state index in [1.54, 1.807) is 0 Å². The van der Waals surface area contributed by atoms with Gasteiger partial charge in [0.25, 0.3) is 0 Å². The van der Waals surface area contributed by atoms with Crippen molar-refractivity contribution in [1.82, 2.24) is 0 Å². The monoisotopic (exact) mass is 414 g/mol. The van der Waals surface area contributed by atoms with Crippen LogP contribution >= 0.6 is 0 Å². The molecule has 1 saturated carbocycles. The van der Waals surface area contributed by atoms with Crippen molar-refractivity contribution in [3.63, 3.8) is 0 Å². The highest BCUT2D eigenvalue weighted by Crippen LogP contribution is 2.38. The SMILES string of the molecule is C=C(F)/C(=C\C=C(/F)c1ccc(C(F)(F)OF)cc1)C1CCC(CCCC)CC1. The highest BCUT2D eigenvalue weighted by atomic mass is 19.4. The molecule has 6 heteroatoms. The number of alkyl halides is 2. The Morgan fingerprint density at radius 1 is 1.10 bits per heavy atom. The Balaban J connectivity index is 2.09. The van der Waals surface area contributed by atoms with E-state index in [-0.39, 0.29) is 11.5 Å². The van der Waals surface area contributed by atoms with Crippen molar-refractivity contribution in [2.45, 2.75) is 58.0 Å². The first-order valence-corrected chi connectivity index (χ1v) is 9.99. The summed E-state index contributed by atoms with van der Waals surface area (Å²) < 4.78 is 66.5. The summed E-state index contributed by atoms with van der Waals surface area (Å²) in [6.45, 7) is 5.54. The minimum atomic E-state index is -4.09. The fourth-order valence-corrected chi connectivity index (χ4v) is 3.83. The Kier molecular flexibility index (Phi) is 8.62. The lowest BCUT2D eigenvalue weighted by Crippen LogP contribution is -2.16. The van der Waals surface area contributed by atoms with E-state index < -0.39 is 23.3 Å². The molecule has 1 fully saturated rings. The Morgan fingerprint density at radius 3 is 2.24 bits per heavy atom. The van der Waals surface area contributed by atoms with E-state index in [9.17, 15) is 22.1 Å². The smallest absolute Gasteiger partial charge is 0.207 e. The van der Waals surface area contributed by atoms with Gasteiger partial charge in [0.1, 0.15) is 11.7 Å². The van der Waals surface area contributed by atoms with Crippen LogP contribution in [0, 0.1) is 11.8 Å². The number of halogens is 5. The fourth-order valence-electron chi connectivity index (χ4n) is 3.83. The third kappa shape index (κ3) is 6.53. The average molecular weight is 414 g/mol. The zero-order valence-corrected chi connectivity index (χ0v) is 16.6. The summed E-state index contributed by atoms with van der Waals surface area (Å²) in [5.41, 5.74) is -0.334. The summed E-state index contributed by atoms with van der Waals surface area (Å²) in [6, 6.07) is 3.92. The molecule has 0 saturated heterocycles. The zero-order valence-electron chi connectivity index (χ0n) is 16.6. The van der Waals surface area contributed by atoms with Crippen molar-refractivity contribution in [3.8, 4) is 0 Å². The fraction of sp³-hybridized carbons (Fsp3) is 0.478. The van der Waals surface area contributed by atoms with Gasteiger partial charge in [-0.05, 0) is 65.8 Å². The molecule has 160 valence electrons. The van der Waals surface area contributed by atoms with E-state index in [4.69, 9.17) is 0 Å². The molecule has 0 aromatic heterocycles. The first-order valence-electron chi connectivity index (χ1n) is 9.99. The molecule has 0 radical (unpaired) electrons. The first kappa shape index (κ1) is 23.3. The van der Waals surface area contributed by atoms with Crippen LogP contribution in [0.15, 0.2) is 54.4 Å². The third-order valence-corrected chi connectivity index (χ3v) is 5.57. The molecule has 1 aliphatic carbocycles. The van der Waals surface area contributed by atoms with Crippen LogP contribution < -0.4 is 0 Å². The van der Waals surface area contributed by atoms with E-state index in [0.29, 0.717) is 11.5 Å². The predicted molar refractivity (Wildman–Crippen MR) is 105 cm³/mol. The van der Waals surface area contributed by atoms with Crippen LogP contribution in [0.2, 0.25) is 0 Å². The van der Waals surface area contributed by atoms with Gasteiger partial charge in [0.2, 0.25) is 0 Å². The summed E-state index contributed by atoms with van der Waals surface area (Å²) >= 11 is 0. The standard InChI is InChI=1S/C23H27F5O/c1-3-4-5-17-6-8-18(9-7-17)21(16(2)24)14-15-22(25)19-10-12-20(13-11-19)23(26,27)29-28/h10-15,17-18H,2-9H2,1H3/b21-14+,22-15-. The molecule has 0 unspecified atom stereocenters. The van der Waals surface area contributed by atoms with Crippen molar-refractivity contribution in [1.29, 1.82) is 0 Å². The zero-order chi connectivity index (χ0) is 21.4. The maximum atomic E-state index is 14.4. The molecule has 1 aromatic rings. The molecule has 1 nitrogen and oxygen atoms in total. The minimum Gasteiger partial charge on any atom is -0.207 e. The number of rotatable bonds is 9. The molecular formula is C23H27F5O. The van der Waals surface area contributed by atoms with Gasteiger partial charge in [-0.1, -0.05) is 51.0 Å². The molecule has 0 spiro atoms. The number of hydrogen-bond donors (Lipinski definition) is 0. The van der Waals surface area contributed by atoms with E-state index in [1.807, 2.05) is 0 Å². The topological polar surface area (TPSA) is 9.23 Å². The van der Waals surface area contributed by atoms with Crippen molar-refractivity contribution >= 4 is 5.83 Å². The largest absolute Gasteiger partial charge is 0.413 e. The quantitative estimate of drug-likeness (QED) is 0.291. The van der Waals surface area contributed by atoms with Crippen LogP contribution in [-0.4, -0.2) is 0 Å². The summed E-state index contributed by atoms with van der Waals surface area (Å²) in [5.74, 6) is -0.632. The molecule has 0 heterocycles. The second-order valence-corrected chi connectivity index (χ2v) is 7.57. The number of unbranched alkanes of at least 4 members (excludes halogenated alkanes) is 1. The summed E-state index contributed by atoms with van der Waals surface area (Å²) in [7, 11) is 0. The average Bonchev–Trinajstić information content (AvgIpc) is 2.73. The summed E-state index contributed by atoms with van der Waals surface area (Å²) in [5, 5.41) is 0. The molecule has 0 atom stereocenters. The lowest BCUT2D eigenvalue weighted by molar-refractivity contribution is -0.364. The predicted octanol–water partition coefficient (Wildman–Crippen LogP) is 8.35. The second kappa shape index (κ2) is 10.7. The highest BCUT2D eigenvalue weighted by Gasteiger charge is 2.34. The lowest BCUT2D eigenvalue weighted by atomic mass is 9.76. The Hall–Kier alpha value is -1.95. The van der Waals surface area contributed by atoms with Gasteiger partial charge in [-0.15, -0.1) is 4.94 Å². The molecule has 0 bridgehead atoms. The van der Waals surface area contributed by atoms with Gasteiger partial charge in [-0.2, -0.15) is 8.78 Å². The third-order valence-electron chi connectivity index (χ3n) is 5.57. The van der Waals surface area contributed by atoms with E-state index in [1.165, 1.54) is 18.9 Å². The van der Waals surface area contributed by atoms with Crippen LogP contribution in [0.25, 0.3) is 5.83 Å². The molecule has 29 heavy (non-hydrogen) atoms. The van der Waals surface area contributed by atoms with Crippen molar-refractivity contribution in [2.75, 3.05) is 0 Å². The highest BCUT2D eigenvalue weighted by molar-refractivity contribution is 5.61. The lowest BCUT2D eigenvalue weighted by Gasteiger charge is -2.29. The van der Waals surface area contributed by atoms with Crippen molar-refractivity contribution in [2.24, 2.45) is 11.8 Å². The molecule has 1 aliphatic rings. The van der Waals surface area contributed by atoms with Crippen LogP contribution in [0.4, 0.5) is 22.1 Å². The van der Waals surface area contributed by atoms with Crippen LogP contribution in [0.1, 0.15) is 63.0 Å². The summed E-state index contributed by atoms with van der Waals surface area (Å²) in [6.07, 6.45) is 5.67. The maximum absolute atomic E-state index is 14.4. The normalized spacial score (nSPS) is 21.3. The maximum Gasteiger partial charge on any atom is 0.413 e. The molecule has 2 rings (SSSR count). The van der Waals surface area contributed by atoms with E-state index in [0.717, 1.165) is 62.4 Å². The molecule has 1 aromatic carbocycles. The number of allylic oxidation sites excluding steroid dienone is 4. The van der Waals surface area contributed by atoms with Gasteiger partial charge in [0.15, 0.2) is 0 Å². The molecule has 0 aliphatic heterocycles. The van der Waals surface area contributed by atoms with Gasteiger partial charge in [0.05, 0.1) is 5.56 Å². The van der Waals surface area contributed by atoms with E-state index in [2.05, 4.69) is 18.4 Å². The number of hydrogen-bond acceptors (Lipinski definition) is 1. The second-order valence-electron chi connectivity index (χ2n) is 7.57. The van der Waals surface area contributed by atoms with Gasteiger partial charge < -0.3 is 0 Å². The molecular weight excluding hydrogens is 387 g/mol. The minimum absolute atomic E-state index is 0.00260. The Labute approximate surface area is 168 Å². The van der Waals surface area contributed by atoms with E-state index >= 15 is 0 Å². The van der Waals surface area contributed by atoms with Gasteiger partial charge in [0, 0.05) is 5.56 Å². The van der Waals surface area contributed by atoms with Gasteiger partial charge in [-0.3, -0.25) is 0 Å². The van der Waals surface area contributed by atoms with Crippen LogP contribution in [0.5, 0.6) is 0 Å². The van der Waals surface area contributed by atoms with Crippen LogP contribution in [-0.2, 0) is 11.1 Å². The van der Waals surface area contributed by atoms with Crippen molar-refractivity contribution in [3.05, 3.63) is 65.5 Å². The van der Waals surface area contributed by atoms with Crippen molar-refractivity contribution < 1.29 is 27.0 Å². The summed E-state index contributed by atoms with van der Waals surface area (Å²) in [4.78, 5) is 2.62. The van der Waals surface area contributed by atoms with Crippen LogP contribution in [0.3, 0.4) is 0 Å². The van der Waals surface area contributed by atoms with Gasteiger partial charge in [-0.25, -0.2) is 8.78 Å². The van der Waals surface area contributed by atoms with Gasteiger partial charge >= 0.3 is 6.11 Å².